The molecular formula is C25H31ClF3N5S. The second kappa shape index (κ2) is 10.5. The Balaban J connectivity index is 1.50. The Morgan fingerprint density at radius 2 is 1.74 bits per heavy atom. The average molecular weight is 526 g/mol. The minimum atomic E-state index is -4.58. The zero-order chi connectivity index (χ0) is 25.2. The number of hydrogen-bond donors (Lipinski definition) is 2. The van der Waals surface area contributed by atoms with E-state index < -0.39 is 11.9 Å². The highest BCUT2D eigenvalue weighted by atomic mass is 35.5. The van der Waals surface area contributed by atoms with Gasteiger partial charge in [-0.2, -0.15) is 18.2 Å². The maximum absolute atomic E-state index is 13.6. The second-order valence-corrected chi connectivity index (χ2v) is 10.9. The fourth-order valence-corrected chi connectivity index (χ4v) is 5.75. The Kier molecular flexibility index (Phi) is 7.76. The molecule has 1 aromatic heterocycles. The van der Waals surface area contributed by atoms with Crippen LogP contribution in [-0.4, -0.2) is 34.7 Å². The van der Waals surface area contributed by atoms with Crippen LogP contribution in [0.5, 0.6) is 0 Å². The maximum Gasteiger partial charge on any atom is 0.433 e. The van der Waals surface area contributed by atoms with E-state index in [9.17, 15) is 13.2 Å². The van der Waals surface area contributed by atoms with Crippen LogP contribution in [-0.2, 0) is 11.6 Å². The number of thiocarbonyl (C=S) groups is 1. The van der Waals surface area contributed by atoms with Crippen molar-refractivity contribution in [3.05, 3.63) is 46.6 Å². The lowest BCUT2D eigenvalue weighted by molar-refractivity contribution is -0.141. The lowest BCUT2D eigenvalue weighted by Crippen LogP contribution is -2.41. The number of rotatable bonds is 5. The summed E-state index contributed by atoms with van der Waals surface area (Å²) in [7, 11) is 0. The van der Waals surface area contributed by atoms with Crippen molar-refractivity contribution in [2.75, 3.05) is 29.9 Å². The Bertz CT molecular complexity index is 1030. The van der Waals surface area contributed by atoms with E-state index >= 15 is 0 Å². The van der Waals surface area contributed by atoms with Crippen LogP contribution in [0.2, 0.25) is 5.02 Å². The molecule has 5 nitrogen and oxygen atoms in total. The second-order valence-electron chi connectivity index (χ2n) is 10.1. The van der Waals surface area contributed by atoms with Gasteiger partial charge in [-0.25, -0.2) is 4.98 Å². The molecule has 10 heteroatoms. The van der Waals surface area contributed by atoms with E-state index in [0.717, 1.165) is 38.2 Å². The van der Waals surface area contributed by atoms with Crippen LogP contribution in [0.25, 0.3) is 0 Å². The number of piperidine rings is 1. The van der Waals surface area contributed by atoms with Gasteiger partial charge < -0.3 is 15.5 Å². The number of hydrogen-bond acceptors (Lipinski definition) is 4. The molecular weight excluding hydrogens is 495 g/mol. The van der Waals surface area contributed by atoms with Crippen molar-refractivity contribution in [1.29, 1.82) is 0 Å². The van der Waals surface area contributed by atoms with Crippen LogP contribution in [0.3, 0.4) is 0 Å². The predicted molar refractivity (Wildman–Crippen MR) is 138 cm³/mol. The summed E-state index contributed by atoms with van der Waals surface area (Å²) >= 11 is 11.5. The summed E-state index contributed by atoms with van der Waals surface area (Å²) in [6, 6.07) is 8.87. The van der Waals surface area contributed by atoms with E-state index in [2.05, 4.69) is 34.4 Å². The molecule has 0 amide bonds. The quantitative estimate of drug-likeness (QED) is 0.439. The summed E-state index contributed by atoms with van der Waals surface area (Å²) < 4.78 is 40.9. The molecule has 2 fully saturated rings. The van der Waals surface area contributed by atoms with Crippen LogP contribution in [0, 0.1) is 11.8 Å². The van der Waals surface area contributed by atoms with E-state index in [1.807, 2.05) is 29.2 Å². The van der Waals surface area contributed by atoms with Crippen LogP contribution < -0.4 is 15.5 Å². The number of alkyl halides is 3. The lowest BCUT2D eigenvalue weighted by atomic mass is 9.79. The fraction of sp³-hybridized carbons (Fsp3) is 0.560. The number of aromatic nitrogens is 2. The summed E-state index contributed by atoms with van der Waals surface area (Å²) in [5.41, 5.74) is 0.101. The molecule has 0 unspecified atom stereocenters. The third-order valence-electron chi connectivity index (χ3n) is 7.03. The van der Waals surface area contributed by atoms with Crippen LogP contribution >= 0.6 is 23.8 Å². The molecule has 1 aromatic carbocycles. The predicted octanol–water partition coefficient (Wildman–Crippen LogP) is 6.43. The van der Waals surface area contributed by atoms with Gasteiger partial charge in [0.25, 0.3) is 0 Å². The SMILES string of the molecule is C[C@@H]1C[C@H](C)CN(c2cc(C(F)(F)F)nc(NC(=S)NCC3(c4ccc(Cl)cc4)CCCC3)n2)C1. The molecule has 1 aliphatic carbocycles. The first kappa shape index (κ1) is 25.9. The van der Waals surface area contributed by atoms with Crippen molar-refractivity contribution in [2.45, 2.75) is 57.5 Å². The largest absolute Gasteiger partial charge is 0.433 e. The standard InChI is InChI=1S/C25H31ClF3N5S/c1-16-11-17(2)14-34(13-16)21-12-20(25(27,28)29)31-22(32-21)33-23(35)30-15-24(9-3-4-10-24)18-5-7-19(26)8-6-18/h5-8,12,16-17H,3-4,9-11,13-15H2,1-2H3,(H2,30,31,32,33,35)/t16-,17+. The van der Waals surface area contributed by atoms with E-state index in [1.54, 1.807) is 0 Å². The van der Waals surface area contributed by atoms with Crippen molar-refractivity contribution >= 4 is 40.7 Å². The Morgan fingerprint density at radius 3 is 2.34 bits per heavy atom. The van der Waals surface area contributed by atoms with Crippen LogP contribution in [0.15, 0.2) is 30.3 Å². The van der Waals surface area contributed by atoms with Gasteiger partial charge in [0.05, 0.1) is 0 Å². The monoisotopic (exact) mass is 525 g/mol. The number of halogens is 4. The van der Waals surface area contributed by atoms with Gasteiger partial charge in [-0.3, -0.25) is 0 Å². The third-order valence-corrected chi connectivity index (χ3v) is 7.52. The fourth-order valence-electron chi connectivity index (χ4n) is 5.47. The minimum absolute atomic E-state index is 0.101. The highest BCUT2D eigenvalue weighted by Crippen LogP contribution is 2.41. The zero-order valence-corrected chi connectivity index (χ0v) is 21.5. The van der Waals surface area contributed by atoms with Crippen LogP contribution in [0.4, 0.5) is 24.9 Å². The van der Waals surface area contributed by atoms with Gasteiger partial charge in [0.1, 0.15) is 5.82 Å². The molecule has 2 N–H and O–H groups in total. The normalized spacial score (nSPS) is 22.2. The topological polar surface area (TPSA) is 53.1 Å². The molecule has 1 saturated heterocycles. The number of nitrogens with zero attached hydrogens (tertiary/aromatic N) is 3. The van der Waals surface area contributed by atoms with Crippen molar-refractivity contribution in [3.63, 3.8) is 0 Å². The molecule has 0 radical (unpaired) electrons. The molecule has 2 aliphatic rings. The molecule has 1 saturated carbocycles. The molecule has 2 heterocycles. The highest BCUT2D eigenvalue weighted by molar-refractivity contribution is 7.80. The summed E-state index contributed by atoms with van der Waals surface area (Å²) in [5.74, 6) is 0.866. The molecule has 1 aliphatic heterocycles. The van der Waals surface area contributed by atoms with Crippen LogP contribution in [0.1, 0.15) is 57.2 Å². The van der Waals surface area contributed by atoms with Gasteiger partial charge >= 0.3 is 6.18 Å². The van der Waals surface area contributed by atoms with Gasteiger partial charge in [0, 0.05) is 36.1 Å². The van der Waals surface area contributed by atoms with Gasteiger partial charge in [-0.05, 0) is 61.0 Å². The first-order valence-electron chi connectivity index (χ1n) is 12.1. The average Bonchev–Trinajstić information content (AvgIpc) is 3.27. The first-order valence-corrected chi connectivity index (χ1v) is 12.8. The van der Waals surface area contributed by atoms with E-state index in [-0.39, 0.29) is 22.3 Å². The minimum Gasteiger partial charge on any atom is -0.361 e. The first-order chi connectivity index (χ1) is 16.5. The summed E-state index contributed by atoms with van der Waals surface area (Å²) in [6.45, 7) is 6.08. The Labute approximate surface area is 214 Å². The molecule has 0 spiro atoms. The number of anilines is 2. The van der Waals surface area contributed by atoms with Gasteiger partial charge in [-0.1, -0.05) is 50.4 Å². The molecule has 35 heavy (non-hydrogen) atoms. The number of nitrogens with one attached hydrogen (secondary N) is 2. The van der Waals surface area contributed by atoms with Gasteiger partial charge in [0.2, 0.25) is 5.95 Å². The Hall–Kier alpha value is -2.13. The lowest BCUT2D eigenvalue weighted by Gasteiger charge is -2.36. The summed E-state index contributed by atoms with van der Waals surface area (Å²) in [5, 5.41) is 6.91. The Morgan fingerprint density at radius 1 is 1.11 bits per heavy atom. The van der Waals surface area contributed by atoms with Gasteiger partial charge in [-0.15, -0.1) is 0 Å². The van der Waals surface area contributed by atoms with E-state index in [4.69, 9.17) is 23.8 Å². The van der Waals surface area contributed by atoms with Crippen molar-refractivity contribution < 1.29 is 13.2 Å². The molecule has 190 valence electrons. The molecule has 0 bridgehead atoms. The van der Waals surface area contributed by atoms with E-state index in [0.29, 0.717) is 36.5 Å². The maximum atomic E-state index is 13.6. The third kappa shape index (κ3) is 6.36. The smallest absolute Gasteiger partial charge is 0.361 e. The van der Waals surface area contributed by atoms with E-state index in [1.165, 1.54) is 5.56 Å². The zero-order valence-electron chi connectivity index (χ0n) is 20.0. The summed E-state index contributed by atoms with van der Waals surface area (Å²) in [4.78, 5) is 10.0. The van der Waals surface area contributed by atoms with Crippen molar-refractivity contribution in [2.24, 2.45) is 11.8 Å². The molecule has 2 atom stereocenters. The van der Waals surface area contributed by atoms with Gasteiger partial charge in [0.15, 0.2) is 10.8 Å². The summed E-state index contributed by atoms with van der Waals surface area (Å²) in [6.07, 6.45) is 0.676. The molecule has 2 aromatic rings. The molecule has 4 rings (SSSR count). The van der Waals surface area contributed by atoms with Crippen molar-refractivity contribution in [3.8, 4) is 0 Å². The highest BCUT2D eigenvalue weighted by Gasteiger charge is 2.37. The van der Waals surface area contributed by atoms with Crippen molar-refractivity contribution in [1.82, 2.24) is 15.3 Å². The number of benzene rings is 1.